The number of aliphatic hydroxyl groups is 1. The van der Waals surface area contributed by atoms with Crippen molar-refractivity contribution in [3.05, 3.63) is 38.0 Å². The van der Waals surface area contributed by atoms with E-state index < -0.39 is 5.60 Å². The van der Waals surface area contributed by atoms with E-state index in [0.717, 1.165) is 36.9 Å². The summed E-state index contributed by atoms with van der Waals surface area (Å²) in [5.41, 5.74) is 0.111. The second-order valence-electron chi connectivity index (χ2n) is 16.0. The standard InChI is InChI=1S/C12H24O3.C8H13NO2.C8H15NO2.C6H13BrO2.C6H15N.C6H12O.ClO.ClH.H3NO.2Na.H/c1-6-9-12(4,5)15-10-11(13-7-2)14-8-3;1-8(2)3-6-4-11-9-7(6)5-10-8;1-4-5-8(2,3)11-7-6-9-10;1-3-8-6(5-7)9-4-2;1-4-7(5-2)6-3;1-4-5-6(2,3)7;1-2;;1-2;;;/h6,11H,1,7-10H2,2-5H3;6H,3-5H2,1-2H3;4,6,10H,1,5,7H2,2-3H3;6H,3-5H2,1-2H3;4-6H2,1-3H3;4,7H,1,5H2,2-3H3;;1H;2H,1H2;;;/q;;;;;;-1;;;2*+1;-1/b;;9-6+;;;;;;;;;. The molecule has 1 unspecified atom stereocenters. The first-order valence-electron chi connectivity index (χ1n) is 22.1. The molecule has 2 aliphatic rings. The third-order valence-electron chi connectivity index (χ3n) is 8.31. The van der Waals surface area contributed by atoms with Gasteiger partial charge < -0.3 is 64.5 Å². The zero-order valence-corrected chi connectivity index (χ0v) is 52.2. The number of hydrogen-bond acceptors (Lipinski definition) is 16. The number of fused-ring (bicyclic) bond motifs is 1. The monoisotopic (exact) mass is 1090 g/mol. The van der Waals surface area contributed by atoms with E-state index in [1.54, 1.807) is 26.0 Å². The molecule has 0 bridgehead atoms. The maximum atomic E-state index is 8.95. The van der Waals surface area contributed by atoms with Gasteiger partial charge in [-0.2, -0.15) is 0 Å². The van der Waals surface area contributed by atoms with E-state index in [-0.39, 0.29) is 102 Å². The van der Waals surface area contributed by atoms with Crippen molar-refractivity contribution < 1.29 is 119 Å². The van der Waals surface area contributed by atoms with Crippen LogP contribution < -0.4 is 69.7 Å². The summed E-state index contributed by atoms with van der Waals surface area (Å²) in [4.78, 5) is 7.37. The Bertz CT molecular complexity index is 1090. The van der Waals surface area contributed by atoms with Crippen LogP contribution in [0, 0.1) is 5.92 Å². The summed E-state index contributed by atoms with van der Waals surface area (Å²) in [5.74, 6) is 4.01. The van der Waals surface area contributed by atoms with E-state index in [0.29, 0.717) is 58.6 Å². The Hall–Kier alpha value is 0.740. The van der Waals surface area contributed by atoms with Crippen LogP contribution in [0.4, 0.5) is 0 Å². The van der Waals surface area contributed by atoms with Crippen molar-refractivity contribution in [2.75, 3.05) is 77.8 Å². The van der Waals surface area contributed by atoms with E-state index in [1.165, 1.54) is 25.8 Å². The van der Waals surface area contributed by atoms with Gasteiger partial charge in [0.2, 0.25) is 0 Å². The molecule has 0 aromatic rings. The van der Waals surface area contributed by atoms with Crippen LogP contribution in [-0.4, -0.2) is 145 Å². The van der Waals surface area contributed by atoms with Gasteiger partial charge in [-0.15, -0.1) is 32.1 Å². The van der Waals surface area contributed by atoms with Gasteiger partial charge in [0.05, 0.1) is 59.5 Å². The molecule has 2 aliphatic heterocycles. The predicted molar refractivity (Wildman–Crippen MR) is 274 cm³/mol. The van der Waals surface area contributed by atoms with Gasteiger partial charge >= 0.3 is 59.1 Å². The van der Waals surface area contributed by atoms with Crippen LogP contribution >= 0.6 is 40.2 Å². The van der Waals surface area contributed by atoms with E-state index >= 15 is 0 Å². The van der Waals surface area contributed by atoms with Crippen LogP contribution in [0.3, 0.4) is 0 Å². The Labute approximate surface area is 474 Å². The second-order valence-corrected chi connectivity index (χ2v) is 16.7. The summed E-state index contributed by atoms with van der Waals surface area (Å²) in [6.45, 7) is 49.3. The molecule has 0 aliphatic carbocycles. The molecule has 0 aromatic heterocycles. The molecule has 0 radical (unpaired) electrons. The Morgan fingerprint density at radius 1 is 0.836 bits per heavy atom. The van der Waals surface area contributed by atoms with Crippen LogP contribution in [0.1, 0.15) is 131 Å². The van der Waals surface area contributed by atoms with Gasteiger partial charge in [-0.25, -0.2) is 17.8 Å². The van der Waals surface area contributed by atoms with Gasteiger partial charge in [0.1, 0.15) is 6.61 Å². The van der Waals surface area contributed by atoms with E-state index in [2.05, 4.69) is 103 Å². The van der Waals surface area contributed by atoms with Crippen molar-refractivity contribution in [3.63, 3.8) is 0 Å². The number of nitrogens with two attached hydrogens (primary N) is 1. The van der Waals surface area contributed by atoms with Crippen molar-refractivity contribution in [3.8, 4) is 0 Å². The number of oxime groups is 2. The number of hydrogen-bond donors (Lipinski definition) is 4. The van der Waals surface area contributed by atoms with Crippen LogP contribution in [0.2, 0.25) is 0 Å². The number of alkyl halides is 1. The van der Waals surface area contributed by atoms with Gasteiger partial charge in [-0.1, -0.05) is 65.2 Å². The minimum atomic E-state index is -0.568. The summed E-state index contributed by atoms with van der Waals surface area (Å²) in [6, 6.07) is 0. The maximum absolute atomic E-state index is 8.95. The van der Waals surface area contributed by atoms with Gasteiger partial charge in [0.15, 0.2) is 12.6 Å². The first-order chi connectivity index (χ1) is 30.1. The number of ether oxygens (including phenoxy) is 7. The SMILES string of the molecule is C=CCC(C)(C)O.C=CCC(C)(C)OC/C=N/O.C=CCC(C)(C)OCC(OCC)OCC.CC1(C)CC2CON=C2CO1.CCN(CC)CC.CCOC(CBr)OCC.Cl.NO.[H-].[Na+].[Na+].[O-]Cl. The van der Waals surface area contributed by atoms with Crippen LogP contribution in [-0.2, 0) is 38.0 Å². The number of halogens is 3. The molecule has 5 N–H and O–H groups in total. The molecule has 0 amide bonds. The fraction of sp³-hybridized carbons (Fsp3) is 0.826. The van der Waals surface area contributed by atoms with Crippen molar-refractivity contribution >= 4 is 52.1 Å². The minimum absolute atomic E-state index is 0. The minimum Gasteiger partial charge on any atom is -1.00 e. The molecule has 16 nitrogen and oxygen atoms in total. The van der Waals surface area contributed by atoms with E-state index in [1.807, 2.05) is 61.5 Å². The molecule has 396 valence electrons. The fourth-order valence-corrected chi connectivity index (χ4v) is 5.45. The van der Waals surface area contributed by atoms with Gasteiger partial charge in [-0.05, 0) is 128 Å². The molecular weight excluding hydrogens is 997 g/mol. The normalized spacial score (nSPS) is 14.1. The van der Waals surface area contributed by atoms with Gasteiger partial charge in [0, 0.05) is 32.3 Å². The Balaban J connectivity index is -0.0000000734. The predicted octanol–water partition coefficient (Wildman–Crippen LogP) is 3.60. The molecule has 1 fully saturated rings. The summed E-state index contributed by atoms with van der Waals surface area (Å²) in [5, 5.41) is 31.0. The van der Waals surface area contributed by atoms with E-state index in [9.17, 15) is 0 Å². The van der Waals surface area contributed by atoms with Crippen LogP contribution in [0.25, 0.3) is 0 Å². The second kappa shape index (κ2) is 59.3. The maximum Gasteiger partial charge on any atom is 1.00 e. The molecule has 0 aromatic carbocycles. The first-order valence-corrected chi connectivity index (χ1v) is 23.5. The molecule has 2 heterocycles. The molecule has 21 heteroatoms. The number of rotatable bonds is 24. The molecule has 2 rings (SSSR count). The molecule has 1 saturated heterocycles. The molecule has 67 heavy (non-hydrogen) atoms. The third kappa shape index (κ3) is 64.7. The van der Waals surface area contributed by atoms with Crippen molar-refractivity contribution in [1.29, 1.82) is 0 Å². The van der Waals surface area contributed by atoms with Crippen molar-refractivity contribution in [2.24, 2.45) is 22.1 Å². The summed E-state index contributed by atoms with van der Waals surface area (Å²) in [6.07, 6.45) is 9.64. The summed E-state index contributed by atoms with van der Waals surface area (Å²) < 4.78 is 45.4. The fourth-order valence-electron chi connectivity index (χ4n) is 5.08. The smallest absolute Gasteiger partial charge is 1.00 e. The largest absolute Gasteiger partial charge is 1.00 e. The molecule has 1 atom stereocenters. The Morgan fingerprint density at radius 2 is 1.24 bits per heavy atom. The topological polar surface area (TPSA) is 212 Å². The zero-order valence-electron chi connectivity index (χ0n) is 46.1. The van der Waals surface area contributed by atoms with Crippen LogP contribution in [0.5, 0.6) is 0 Å². The first kappa shape index (κ1) is 87.4. The Kier molecular flexibility index (Phi) is 77.4. The average Bonchev–Trinajstić information content (AvgIpc) is 3.70. The van der Waals surface area contributed by atoms with Crippen LogP contribution in [0.15, 0.2) is 48.3 Å². The third-order valence-corrected chi connectivity index (χ3v) is 8.84. The average molecular weight is 1100 g/mol. The molecular formula is C46H97BrCl2N4Na2O12. The quantitative estimate of drug-likeness (QED) is 0.0207. The van der Waals surface area contributed by atoms with Gasteiger partial charge in [0.25, 0.3) is 0 Å². The van der Waals surface area contributed by atoms with Crippen molar-refractivity contribution in [2.45, 2.75) is 165 Å². The molecule has 0 spiro atoms. The van der Waals surface area contributed by atoms with Gasteiger partial charge in [-0.3, -0.25) is 0 Å². The molecule has 0 saturated carbocycles. The van der Waals surface area contributed by atoms with E-state index in [4.69, 9.17) is 58.2 Å². The zero-order chi connectivity index (χ0) is 51.1. The van der Waals surface area contributed by atoms with Crippen molar-refractivity contribution in [1.82, 2.24) is 4.90 Å². The summed E-state index contributed by atoms with van der Waals surface area (Å²) in [7, 11) is 0. The Morgan fingerprint density at radius 3 is 1.55 bits per heavy atom. The summed E-state index contributed by atoms with van der Waals surface area (Å²) >= 11 is 6.66. The number of nitrogens with zero attached hydrogens (tertiary/aromatic N) is 3.